The molecule has 0 N–H and O–H groups in total. The zero-order valence-electron chi connectivity index (χ0n) is 16.9. The summed E-state index contributed by atoms with van der Waals surface area (Å²) < 4.78 is 3.54. The van der Waals surface area contributed by atoms with Crippen molar-refractivity contribution in [2.75, 3.05) is 0 Å². The van der Waals surface area contributed by atoms with Crippen LogP contribution in [0.1, 0.15) is 11.3 Å². The molecule has 31 heavy (non-hydrogen) atoms. The fourth-order valence-electron chi connectivity index (χ4n) is 3.46. The van der Waals surface area contributed by atoms with Gasteiger partial charge in [-0.15, -0.1) is 28.1 Å². The number of hydrogen-bond donors (Lipinski definition) is 0. The van der Waals surface area contributed by atoms with Gasteiger partial charge < -0.3 is 0 Å². The fraction of sp³-hybridized carbons (Fsp3) is 0.130. The normalized spacial score (nSPS) is 11.4. The molecule has 0 saturated heterocycles. The van der Waals surface area contributed by atoms with E-state index >= 15 is 0 Å². The van der Waals surface area contributed by atoms with Gasteiger partial charge in [-0.1, -0.05) is 59.8 Å². The number of nitrogens with zero attached hydrogens (tertiary/aromatic N) is 5. The third kappa shape index (κ3) is 3.58. The van der Waals surface area contributed by atoms with Gasteiger partial charge in [0, 0.05) is 23.2 Å². The zero-order chi connectivity index (χ0) is 21.4. The Morgan fingerprint density at radius 3 is 2.74 bits per heavy atom. The number of benzene rings is 2. The molecule has 5 rings (SSSR count). The Bertz CT molecular complexity index is 1460. The van der Waals surface area contributed by atoms with Crippen molar-refractivity contribution in [3.63, 3.8) is 0 Å². The molecule has 8 heteroatoms. The number of aromatic nitrogens is 5. The van der Waals surface area contributed by atoms with E-state index in [0.717, 1.165) is 26.9 Å². The van der Waals surface area contributed by atoms with Crippen LogP contribution in [-0.2, 0) is 12.3 Å². The quantitative estimate of drug-likeness (QED) is 0.273. The number of allylic oxidation sites excluding steroid dienone is 1. The Morgan fingerprint density at radius 1 is 1.13 bits per heavy atom. The highest BCUT2D eigenvalue weighted by atomic mass is 32.2. The monoisotopic (exact) mass is 445 g/mol. The summed E-state index contributed by atoms with van der Waals surface area (Å²) in [4.78, 5) is 17.7. The summed E-state index contributed by atoms with van der Waals surface area (Å²) in [5.74, 6) is 1.18. The van der Waals surface area contributed by atoms with Crippen molar-refractivity contribution in [2.24, 2.45) is 0 Å². The molecule has 2 aromatic carbocycles. The van der Waals surface area contributed by atoms with Gasteiger partial charge in [0.25, 0.3) is 5.56 Å². The van der Waals surface area contributed by atoms with Crippen molar-refractivity contribution in [2.45, 2.75) is 24.4 Å². The molecule has 0 aliphatic carbocycles. The Balaban J connectivity index is 1.50. The van der Waals surface area contributed by atoms with E-state index in [2.05, 4.69) is 53.3 Å². The van der Waals surface area contributed by atoms with Gasteiger partial charge in [0.15, 0.2) is 5.16 Å². The molecule has 0 aliphatic heterocycles. The molecule has 0 unspecified atom stereocenters. The van der Waals surface area contributed by atoms with Gasteiger partial charge in [0.2, 0.25) is 5.78 Å². The number of para-hydroxylation sites is 1. The van der Waals surface area contributed by atoms with E-state index in [1.807, 2.05) is 28.7 Å². The van der Waals surface area contributed by atoms with Crippen LogP contribution in [-0.4, -0.2) is 24.1 Å². The van der Waals surface area contributed by atoms with Crippen LogP contribution in [0.2, 0.25) is 0 Å². The van der Waals surface area contributed by atoms with Crippen molar-refractivity contribution in [1.29, 1.82) is 0 Å². The van der Waals surface area contributed by atoms with E-state index in [-0.39, 0.29) is 5.56 Å². The first-order valence-corrected chi connectivity index (χ1v) is 11.6. The third-order valence-corrected chi connectivity index (χ3v) is 6.89. The largest absolute Gasteiger partial charge is 0.272 e. The van der Waals surface area contributed by atoms with E-state index in [4.69, 9.17) is 4.98 Å². The van der Waals surface area contributed by atoms with Crippen molar-refractivity contribution >= 4 is 39.8 Å². The predicted molar refractivity (Wildman–Crippen MR) is 127 cm³/mol. The van der Waals surface area contributed by atoms with Crippen LogP contribution in [0.3, 0.4) is 0 Å². The Labute approximate surface area is 186 Å². The van der Waals surface area contributed by atoms with E-state index in [0.29, 0.717) is 23.5 Å². The summed E-state index contributed by atoms with van der Waals surface area (Å²) in [7, 11) is 0. The molecule has 0 atom stereocenters. The number of hydrogen-bond acceptors (Lipinski definition) is 6. The lowest BCUT2D eigenvalue weighted by Crippen LogP contribution is -2.22. The summed E-state index contributed by atoms with van der Waals surface area (Å²) in [6, 6.07) is 15.9. The lowest BCUT2D eigenvalue weighted by Gasteiger charge is -2.09. The number of rotatable bonds is 6. The SMILES string of the molecule is C=CCn1c(=O)c2ccccc2n2c(SCc3csc(-c4ccc(C)cc4)n3)nnc12. The minimum atomic E-state index is -0.0887. The van der Waals surface area contributed by atoms with Crippen LogP contribution < -0.4 is 5.56 Å². The van der Waals surface area contributed by atoms with Gasteiger partial charge in [-0.2, -0.15) is 0 Å². The lowest BCUT2D eigenvalue weighted by atomic mass is 10.2. The summed E-state index contributed by atoms with van der Waals surface area (Å²) in [5, 5.41) is 13.1. The summed E-state index contributed by atoms with van der Waals surface area (Å²) in [5.41, 5.74) is 4.06. The van der Waals surface area contributed by atoms with E-state index in [9.17, 15) is 4.79 Å². The Morgan fingerprint density at radius 2 is 1.94 bits per heavy atom. The number of thiazole rings is 1. The average Bonchev–Trinajstić information content (AvgIpc) is 3.43. The first-order valence-electron chi connectivity index (χ1n) is 9.77. The topological polar surface area (TPSA) is 65.1 Å². The molecule has 0 amide bonds. The molecule has 5 aromatic rings. The summed E-state index contributed by atoms with van der Waals surface area (Å²) >= 11 is 3.20. The molecule has 0 saturated carbocycles. The Hall–Kier alpha value is -3.23. The third-order valence-electron chi connectivity index (χ3n) is 4.99. The highest BCUT2D eigenvalue weighted by Crippen LogP contribution is 2.28. The maximum absolute atomic E-state index is 12.9. The first-order chi connectivity index (χ1) is 15.2. The highest BCUT2D eigenvalue weighted by molar-refractivity contribution is 7.98. The minimum Gasteiger partial charge on any atom is -0.272 e. The maximum Gasteiger partial charge on any atom is 0.263 e. The number of thioether (sulfide) groups is 1. The predicted octanol–water partition coefficient (Wildman–Crippen LogP) is 4.95. The second-order valence-corrected chi connectivity index (χ2v) is 8.94. The molecular formula is C23H19N5OS2. The van der Waals surface area contributed by atoms with Crippen LogP contribution in [0.15, 0.2) is 76.5 Å². The van der Waals surface area contributed by atoms with Crippen molar-refractivity contribution in [3.05, 3.63) is 88.2 Å². The van der Waals surface area contributed by atoms with Crippen molar-refractivity contribution < 1.29 is 0 Å². The van der Waals surface area contributed by atoms with Gasteiger partial charge in [-0.3, -0.25) is 13.8 Å². The standard InChI is InChI=1S/C23H19N5OS2/c1-3-12-27-21(29)18-6-4-5-7-19(18)28-22(27)25-26-23(28)31-14-17-13-30-20(24-17)16-10-8-15(2)9-11-16/h3-11,13H,1,12,14H2,2H3. The van der Waals surface area contributed by atoms with Gasteiger partial charge >= 0.3 is 0 Å². The van der Waals surface area contributed by atoms with Gasteiger partial charge in [0.05, 0.1) is 16.6 Å². The van der Waals surface area contributed by atoms with E-state index in [1.54, 1.807) is 33.7 Å². The van der Waals surface area contributed by atoms with Crippen LogP contribution >= 0.6 is 23.1 Å². The van der Waals surface area contributed by atoms with Crippen molar-refractivity contribution in [3.8, 4) is 10.6 Å². The van der Waals surface area contributed by atoms with Gasteiger partial charge in [-0.25, -0.2) is 4.98 Å². The highest BCUT2D eigenvalue weighted by Gasteiger charge is 2.16. The van der Waals surface area contributed by atoms with Crippen molar-refractivity contribution in [1.82, 2.24) is 24.1 Å². The molecule has 6 nitrogen and oxygen atoms in total. The van der Waals surface area contributed by atoms with Crippen LogP contribution in [0, 0.1) is 6.92 Å². The minimum absolute atomic E-state index is 0.0887. The second kappa shape index (κ2) is 8.13. The molecule has 3 heterocycles. The van der Waals surface area contributed by atoms with Crippen LogP contribution in [0.5, 0.6) is 0 Å². The number of aryl methyl sites for hydroxylation is 1. The van der Waals surface area contributed by atoms with Gasteiger partial charge in [0.1, 0.15) is 5.01 Å². The smallest absolute Gasteiger partial charge is 0.263 e. The molecule has 0 bridgehead atoms. The average molecular weight is 446 g/mol. The Kier molecular flexibility index (Phi) is 5.17. The van der Waals surface area contributed by atoms with Gasteiger partial charge in [-0.05, 0) is 19.1 Å². The number of fused-ring (bicyclic) bond motifs is 3. The lowest BCUT2D eigenvalue weighted by molar-refractivity contribution is 0.783. The van der Waals surface area contributed by atoms with Crippen LogP contribution in [0.4, 0.5) is 0 Å². The van der Waals surface area contributed by atoms with E-state index < -0.39 is 0 Å². The molecule has 0 spiro atoms. The summed E-state index contributed by atoms with van der Waals surface area (Å²) in [6.07, 6.45) is 1.69. The molecule has 0 fully saturated rings. The molecule has 0 aliphatic rings. The van der Waals surface area contributed by atoms with E-state index in [1.165, 1.54) is 5.56 Å². The fourth-order valence-corrected chi connectivity index (χ4v) is 5.23. The van der Waals surface area contributed by atoms with Crippen LogP contribution in [0.25, 0.3) is 27.3 Å². The molecule has 0 radical (unpaired) electrons. The second-order valence-electron chi connectivity index (χ2n) is 7.14. The molecule has 3 aromatic heterocycles. The molecule has 154 valence electrons. The summed E-state index contributed by atoms with van der Waals surface area (Å²) in [6.45, 7) is 6.22. The molecular weight excluding hydrogens is 426 g/mol. The zero-order valence-corrected chi connectivity index (χ0v) is 18.5. The maximum atomic E-state index is 12.9. The first kappa shape index (κ1) is 19.7.